The van der Waals surface area contributed by atoms with Gasteiger partial charge in [0.25, 0.3) is 5.82 Å². The Morgan fingerprint density at radius 2 is 1.72 bits per heavy atom. The number of fused-ring (bicyclic) bond motifs is 1. The maximum atomic E-state index is 13.5. The third-order valence-corrected chi connectivity index (χ3v) is 6.40. The van der Waals surface area contributed by atoms with E-state index in [2.05, 4.69) is 43.8 Å². The van der Waals surface area contributed by atoms with Crippen molar-refractivity contribution in [3.05, 3.63) is 65.7 Å². The van der Waals surface area contributed by atoms with Crippen LogP contribution in [0.1, 0.15) is 4.88 Å². The molecule has 1 N–H and O–H groups in total. The number of aromatic amines is 1. The van der Waals surface area contributed by atoms with Gasteiger partial charge in [0.2, 0.25) is 0 Å². The lowest BCUT2D eigenvalue weighted by molar-refractivity contribution is -0.364. The number of hydrogen-bond acceptors (Lipinski definition) is 5. The molecule has 29 heavy (non-hydrogen) atoms. The smallest absolute Gasteiger partial charge is 0.274 e. The van der Waals surface area contributed by atoms with Gasteiger partial charge in [-0.2, -0.15) is 0 Å². The molecular formula is C22H21FN5S+. The summed E-state index contributed by atoms with van der Waals surface area (Å²) in [6.45, 7) is 5.69. The lowest BCUT2D eigenvalue weighted by Gasteiger charge is -2.32. The Kier molecular flexibility index (Phi) is 4.60. The molecule has 0 spiro atoms. The van der Waals surface area contributed by atoms with E-state index in [9.17, 15) is 4.39 Å². The molecule has 4 aromatic rings. The zero-order valence-corrected chi connectivity index (χ0v) is 16.9. The van der Waals surface area contributed by atoms with E-state index in [-0.39, 0.29) is 5.82 Å². The minimum absolute atomic E-state index is 0.226. The number of rotatable bonds is 3. The van der Waals surface area contributed by atoms with Crippen LogP contribution < -0.4 is 14.8 Å². The number of anilines is 2. The summed E-state index contributed by atoms with van der Waals surface area (Å²) in [4.78, 5) is 19.3. The molecule has 0 unspecified atom stereocenters. The van der Waals surface area contributed by atoms with Gasteiger partial charge in [0.05, 0.1) is 24.7 Å². The maximum absolute atomic E-state index is 13.5. The number of nitrogens with one attached hydrogen (secondary N) is 1. The summed E-state index contributed by atoms with van der Waals surface area (Å²) in [5.74, 6) is 1.88. The van der Waals surface area contributed by atoms with E-state index in [1.165, 1.54) is 17.0 Å². The number of benzene rings is 1. The molecule has 0 saturated carbocycles. The molecule has 146 valence electrons. The van der Waals surface area contributed by atoms with Crippen LogP contribution in [0.3, 0.4) is 0 Å². The average molecular weight is 407 g/mol. The fraction of sp³-hybridized carbons (Fsp3) is 0.227. The molecule has 1 aliphatic rings. The zero-order valence-electron chi connectivity index (χ0n) is 16.1. The van der Waals surface area contributed by atoms with Gasteiger partial charge in [0, 0.05) is 16.5 Å². The number of pyridine rings is 1. The summed E-state index contributed by atoms with van der Waals surface area (Å²) in [5.41, 5.74) is 2.11. The zero-order chi connectivity index (χ0) is 19.8. The fourth-order valence-electron chi connectivity index (χ4n) is 3.97. The van der Waals surface area contributed by atoms with Crippen molar-refractivity contribution in [2.24, 2.45) is 0 Å². The Morgan fingerprint density at radius 1 is 0.966 bits per heavy atom. The summed E-state index contributed by atoms with van der Waals surface area (Å²) in [5, 5.41) is 1.07. The second-order valence-electron chi connectivity index (χ2n) is 7.14. The number of hydrogen-bond donors (Lipinski definition) is 0. The van der Waals surface area contributed by atoms with E-state index in [0.29, 0.717) is 0 Å². The third-order valence-electron chi connectivity index (χ3n) is 5.39. The van der Waals surface area contributed by atoms with E-state index >= 15 is 0 Å². The minimum atomic E-state index is -0.226. The van der Waals surface area contributed by atoms with Crippen LogP contribution in [-0.4, -0.2) is 36.1 Å². The molecule has 3 aromatic heterocycles. The number of piperazine rings is 1. The van der Waals surface area contributed by atoms with E-state index in [1.54, 1.807) is 17.7 Å². The summed E-state index contributed by atoms with van der Waals surface area (Å²) >= 11 is 1.67. The van der Waals surface area contributed by atoms with Crippen molar-refractivity contribution >= 4 is 33.2 Å². The molecular weight excluding hydrogens is 385 g/mol. The minimum Gasteiger partial charge on any atom is -0.348 e. The van der Waals surface area contributed by atoms with Crippen LogP contribution in [0.2, 0.25) is 0 Å². The van der Waals surface area contributed by atoms with Crippen LogP contribution in [0.5, 0.6) is 0 Å². The van der Waals surface area contributed by atoms with E-state index in [4.69, 9.17) is 0 Å². The van der Waals surface area contributed by atoms with Gasteiger partial charge < -0.3 is 4.90 Å². The van der Waals surface area contributed by atoms with Crippen molar-refractivity contribution < 1.29 is 9.37 Å². The highest BCUT2D eigenvalue weighted by molar-refractivity contribution is 7.19. The summed E-state index contributed by atoms with van der Waals surface area (Å²) in [6, 6.07) is 12.8. The maximum Gasteiger partial charge on any atom is 0.274 e. The van der Waals surface area contributed by atoms with Crippen molar-refractivity contribution in [1.29, 1.82) is 0 Å². The van der Waals surface area contributed by atoms with Gasteiger partial charge in [0.1, 0.15) is 35.9 Å². The molecule has 1 aliphatic heterocycles. The molecule has 4 heterocycles. The van der Waals surface area contributed by atoms with Crippen LogP contribution >= 0.6 is 11.3 Å². The van der Waals surface area contributed by atoms with Crippen molar-refractivity contribution in [3.63, 3.8) is 0 Å². The first-order valence-electron chi connectivity index (χ1n) is 9.67. The van der Waals surface area contributed by atoms with Gasteiger partial charge in [0.15, 0.2) is 0 Å². The number of nitrogens with zero attached hydrogens (tertiary/aromatic N) is 4. The Morgan fingerprint density at radius 3 is 2.45 bits per heavy atom. The predicted molar refractivity (Wildman–Crippen MR) is 115 cm³/mol. The first kappa shape index (κ1) is 18.0. The summed E-state index contributed by atoms with van der Waals surface area (Å²) < 4.78 is 13.5. The van der Waals surface area contributed by atoms with E-state index in [1.807, 2.05) is 24.4 Å². The highest BCUT2D eigenvalue weighted by Crippen LogP contribution is 2.41. The molecule has 1 saturated heterocycles. The van der Waals surface area contributed by atoms with Crippen LogP contribution in [-0.2, 0) is 0 Å². The lowest BCUT2D eigenvalue weighted by Crippen LogP contribution is -2.48. The molecule has 0 atom stereocenters. The fourth-order valence-corrected chi connectivity index (χ4v) is 4.98. The number of aryl methyl sites for hydroxylation is 1. The van der Waals surface area contributed by atoms with Crippen LogP contribution in [0.4, 0.5) is 16.0 Å². The number of H-pyrrole nitrogens is 1. The normalized spacial score (nSPS) is 14.6. The second-order valence-corrected chi connectivity index (χ2v) is 8.34. The summed E-state index contributed by atoms with van der Waals surface area (Å²) in [6.07, 6.45) is 3.61. The molecule has 0 radical (unpaired) electrons. The highest BCUT2D eigenvalue weighted by atomic mass is 32.1. The molecule has 5 nitrogen and oxygen atoms in total. The molecule has 1 aromatic carbocycles. The molecule has 0 aliphatic carbocycles. The number of thiophene rings is 1. The van der Waals surface area contributed by atoms with Crippen LogP contribution in [0, 0.1) is 12.7 Å². The van der Waals surface area contributed by atoms with Gasteiger partial charge in [-0.3, -0.25) is 4.90 Å². The Hall–Kier alpha value is -3.06. The van der Waals surface area contributed by atoms with Gasteiger partial charge in [-0.25, -0.2) is 19.3 Å². The monoisotopic (exact) mass is 406 g/mol. The summed E-state index contributed by atoms with van der Waals surface area (Å²) in [7, 11) is 0. The number of halogens is 1. The Bertz CT molecular complexity index is 1140. The van der Waals surface area contributed by atoms with Crippen molar-refractivity contribution in [2.45, 2.75) is 6.92 Å². The van der Waals surface area contributed by atoms with E-state index in [0.717, 1.165) is 59.2 Å². The molecule has 7 heteroatoms. The van der Waals surface area contributed by atoms with E-state index < -0.39 is 0 Å². The molecule has 0 amide bonds. The van der Waals surface area contributed by atoms with Gasteiger partial charge in [-0.1, -0.05) is 18.2 Å². The molecule has 5 rings (SSSR count). The van der Waals surface area contributed by atoms with Crippen molar-refractivity contribution in [3.8, 4) is 11.1 Å². The first-order valence-corrected chi connectivity index (χ1v) is 10.5. The quantitative estimate of drug-likeness (QED) is 0.517. The van der Waals surface area contributed by atoms with Gasteiger partial charge in [-0.15, -0.1) is 11.3 Å². The van der Waals surface area contributed by atoms with Crippen LogP contribution in [0.15, 0.2) is 55.0 Å². The van der Waals surface area contributed by atoms with Gasteiger partial charge in [-0.05, 0) is 30.7 Å². The standard InChI is InChI=1S/C22H20FN5S/c1-15-19(16-5-7-17(23)8-6-16)20-21(25-14-26-22(20)29-15)28-12-10-27(11-13-28)18-4-2-3-9-24-18/h2-9,14H,10-13H2,1H3/p+1. The molecule has 1 fully saturated rings. The second kappa shape index (κ2) is 7.40. The Balaban J connectivity index is 1.50. The average Bonchev–Trinajstić information content (AvgIpc) is 3.11. The third kappa shape index (κ3) is 3.31. The largest absolute Gasteiger partial charge is 0.348 e. The predicted octanol–water partition coefficient (Wildman–Crippen LogP) is 3.95. The Labute approximate surface area is 172 Å². The van der Waals surface area contributed by atoms with Crippen molar-refractivity contribution in [2.75, 3.05) is 36.0 Å². The van der Waals surface area contributed by atoms with Crippen LogP contribution in [0.25, 0.3) is 21.3 Å². The topological polar surface area (TPSA) is 46.4 Å². The number of aromatic nitrogens is 3. The lowest BCUT2D eigenvalue weighted by atomic mass is 10.0. The molecule has 0 bridgehead atoms. The van der Waals surface area contributed by atoms with Gasteiger partial charge >= 0.3 is 0 Å². The SMILES string of the molecule is Cc1sc2ncnc(N3CCN(c4cccc[nH+]4)CC3)c2c1-c1ccc(F)cc1. The first-order chi connectivity index (χ1) is 14.2. The van der Waals surface area contributed by atoms with Crippen molar-refractivity contribution in [1.82, 2.24) is 9.97 Å². The highest BCUT2D eigenvalue weighted by Gasteiger charge is 2.27.